The average Bonchev–Trinajstić information content (AvgIpc) is 3.07. The van der Waals surface area contributed by atoms with Crippen LogP contribution in [-0.4, -0.2) is 56.2 Å². The summed E-state index contributed by atoms with van der Waals surface area (Å²) in [5, 5.41) is 11.7. The van der Waals surface area contributed by atoms with E-state index in [9.17, 15) is 4.79 Å². The van der Waals surface area contributed by atoms with E-state index < -0.39 is 11.1 Å². The standard InChI is InChI=1S/C18H24N6O2/c1-12-15(13(2)22-21-12)14-7-20-24(8-14)18(9-19-6)10-23(11-18)16(25)26-17(3,4)5/h7-8H,9-11H2,1-5H3,(H,21,22). The molecule has 3 heterocycles. The molecule has 0 saturated carbocycles. The highest BCUT2D eigenvalue weighted by Crippen LogP contribution is 2.33. The van der Waals surface area contributed by atoms with Crippen molar-refractivity contribution >= 4 is 6.09 Å². The molecule has 3 rings (SSSR count). The minimum Gasteiger partial charge on any atom is -0.444 e. The molecule has 0 unspecified atom stereocenters. The van der Waals surface area contributed by atoms with Crippen LogP contribution in [0.1, 0.15) is 32.2 Å². The van der Waals surface area contributed by atoms with Crippen molar-refractivity contribution in [3.05, 3.63) is 35.2 Å². The van der Waals surface area contributed by atoms with Gasteiger partial charge in [-0.3, -0.25) is 9.78 Å². The molecule has 2 aromatic heterocycles. The first-order chi connectivity index (χ1) is 12.1. The highest BCUT2D eigenvalue weighted by atomic mass is 16.6. The molecule has 1 aliphatic rings. The van der Waals surface area contributed by atoms with Gasteiger partial charge in [0.15, 0.2) is 5.54 Å². The Balaban J connectivity index is 1.81. The Kier molecular flexibility index (Phi) is 4.26. The number of carbonyl (C=O) groups is 1. The Hall–Kier alpha value is -2.82. The lowest BCUT2D eigenvalue weighted by atomic mass is 9.90. The van der Waals surface area contributed by atoms with E-state index in [0.717, 1.165) is 22.5 Å². The number of amides is 1. The van der Waals surface area contributed by atoms with Crippen LogP contribution in [0.5, 0.6) is 0 Å². The zero-order chi connectivity index (χ0) is 19.1. The van der Waals surface area contributed by atoms with Crippen LogP contribution in [0.4, 0.5) is 4.79 Å². The zero-order valence-corrected chi connectivity index (χ0v) is 15.8. The van der Waals surface area contributed by atoms with Crippen LogP contribution in [0.2, 0.25) is 0 Å². The van der Waals surface area contributed by atoms with Gasteiger partial charge in [0.2, 0.25) is 6.54 Å². The Morgan fingerprint density at radius 2 is 2.12 bits per heavy atom. The molecular formula is C18H24N6O2. The number of aromatic amines is 1. The van der Waals surface area contributed by atoms with Gasteiger partial charge >= 0.3 is 6.09 Å². The van der Waals surface area contributed by atoms with Crippen LogP contribution < -0.4 is 0 Å². The maximum Gasteiger partial charge on any atom is 0.410 e. The van der Waals surface area contributed by atoms with E-state index in [1.807, 2.05) is 45.5 Å². The number of nitrogens with zero attached hydrogens (tertiary/aromatic N) is 5. The van der Waals surface area contributed by atoms with Crippen molar-refractivity contribution in [3.63, 3.8) is 0 Å². The first kappa shape index (κ1) is 18.0. The summed E-state index contributed by atoms with van der Waals surface area (Å²) < 4.78 is 7.22. The first-order valence-corrected chi connectivity index (χ1v) is 8.53. The molecule has 138 valence electrons. The number of aryl methyl sites for hydroxylation is 2. The highest BCUT2D eigenvalue weighted by Gasteiger charge is 2.51. The lowest BCUT2D eigenvalue weighted by Gasteiger charge is -2.46. The second kappa shape index (κ2) is 6.16. The number of hydrogen-bond donors (Lipinski definition) is 1. The Bertz CT molecular complexity index is 842. The van der Waals surface area contributed by atoms with E-state index in [1.54, 1.807) is 11.1 Å². The molecule has 8 heteroatoms. The van der Waals surface area contributed by atoms with E-state index >= 15 is 0 Å². The fraction of sp³-hybridized carbons (Fsp3) is 0.556. The van der Waals surface area contributed by atoms with Crippen LogP contribution in [0.3, 0.4) is 0 Å². The third kappa shape index (κ3) is 3.17. The number of aromatic nitrogens is 4. The van der Waals surface area contributed by atoms with Crippen molar-refractivity contribution in [1.29, 1.82) is 0 Å². The maximum atomic E-state index is 12.2. The van der Waals surface area contributed by atoms with E-state index in [4.69, 9.17) is 11.3 Å². The molecule has 1 N–H and O–H groups in total. The van der Waals surface area contributed by atoms with Gasteiger partial charge in [0, 0.05) is 23.0 Å². The monoisotopic (exact) mass is 356 g/mol. The smallest absolute Gasteiger partial charge is 0.410 e. The summed E-state index contributed by atoms with van der Waals surface area (Å²) in [5.74, 6) is 0. The number of nitrogens with one attached hydrogen (secondary N) is 1. The molecule has 0 radical (unpaired) electrons. The number of H-pyrrole nitrogens is 1. The minimum atomic E-state index is -0.537. The molecule has 0 bridgehead atoms. The van der Waals surface area contributed by atoms with Gasteiger partial charge in [0.25, 0.3) is 0 Å². The molecule has 1 fully saturated rings. The fourth-order valence-corrected chi connectivity index (χ4v) is 3.27. The number of likely N-dealkylation sites (tertiary alicyclic amines) is 1. The molecule has 1 saturated heterocycles. The first-order valence-electron chi connectivity index (χ1n) is 8.53. The summed E-state index contributed by atoms with van der Waals surface area (Å²) in [4.78, 5) is 17.4. The summed E-state index contributed by atoms with van der Waals surface area (Å²) in [7, 11) is 0. The predicted molar refractivity (Wildman–Crippen MR) is 96.5 cm³/mol. The van der Waals surface area contributed by atoms with Crippen molar-refractivity contribution in [3.8, 4) is 11.1 Å². The van der Waals surface area contributed by atoms with Crippen molar-refractivity contribution < 1.29 is 9.53 Å². The van der Waals surface area contributed by atoms with E-state index in [2.05, 4.69) is 20.1 Å². The fourth-order valence-electron chi connectivity index (χ4n) is 3.27. The molecule has 1 amide bonds. The Morgan fingerprint density at radius 3 is 2.65 bits per heavy atom. The largest absolute Gasteiger partial charge is 0.444 e. The Labute approximate surface area is 153 Å². The quantitative estimate of drug-likeness (QED) is 0.858. The third-order valence-corrected chi connectivity index (χ3v) is 4.48. The van der Waals surface area contributed by atoms with Gasteiger partial charge in [-0.05, 0) is 34.6 Å². The minimum absolute atomic E-state index is 0.261. The molecule has 0 atom stereocenters. The predicted octanol–water partition coefficient (Wildman–Crippen LogP) is 2.76. The van der Waals surface area contributed by atoms with Crippen LogP contribution in [0.25, 0.3) is 16.0 Å². The molecule has 2 aromatic rings. The molecule has 1 aliphatic heterocycles. The molecular weight excluding hydrogens is 332 g/mol. The van der Waals surface area contributed by atoms with Crippen molar-refractivity contribution in [1.82, 2.24) is 24.9 Å². The SMILES string of the molecule is [C-]#[N+]CC1(n2cc(-c3c(C)n[nH]c3C)cn2)CN(C(=O)OC(C)(C)C)C1. The van der Waals surface area contributed by atoms with Crippen molar-refractivity contribution in [2.75, 3.05) is 19.6 Å². The second-order valence-electron chi connectivity index (χ2n) is 7.86. The second-order valence-corrected chi connectivity index (χ2v) is 7.86. The molecule has 0 aromatic carbocycles. The number of hydrogen-bond acceptors (Lipinski definition) is 4. The molecule has 26 heavy (non-hydrogen) atoms. The summed E-state index contributed by atoms with van der Waals surface area (Å²) in [6.07, 6.45) is 3.36. The maximum absolute atomic E-state index is 12.2. The van der Waals surface area contributed by atoms with Gasteiger partial charge in [-0.2, -0.15) is 10.2 Å². The van der Waals surface area contributed by atoms with Gasteiger partial charge in [-0.1, -0.05) is 0 Å². The average molecular weight is 356 g/mol. The lowest BCUT2D eigenvalue weighted by Crippen LogP contribution is -2.66. The van der Waals surface area contributed by atoms with Crippen LogP contribution in [-0.2, 0) is 10.3 Å². The van der Waals surface area contributed by atoms with Crippen LogP contribution in [0, 0.1) is 20.4 Å². The lowest BCUT2D eigenvalue weighted by molar-refractivity contribution is -0.0273. The Morgan fingerprint density at radius 1 is 1.42 bits per heavy atom. The van der Waals surface area contributed by atoms with Gasteiger partial charge in [-0.15, -0.1) is 0 Å². The van der Waals surface area contributed by atoms with Gasteiger partial charge in [0.1, 0.15) is 5.60 Å². The van der Waals surface area contributed by atoms with E-state index in [0.29, 0.717) is 13.1 Å². The summed E-state index contributed by atoms with van der Waals surface area (Å²) in [6, 6.07) is 0. The molecule has 8 nitrogen and oxygen atoms in total. The molecule has 0 aliphatic carbocycles. The van der Waals surface area contributed by atoms with Crippen LogP contribution in [0.15, 0.2) is 12.4 Å². The summed E-state index contributed by atoms with van der Waals surface area (Å²) in [6.45, 7) is 17.8. The number of rotatable bonds is 3. The summed E-state index contributed by atoms with van der Waals surface area (Å²) >= 11 is 0. The van der Waals surface area contributed by atoms with Gasteiger partial charge < -0.3 is 14.5 Å². The van der Waals surface area contributed by atoms with Crippen LogP contribution >= 0.6 is 0 Å². The van der Waals surface area contributed by atoms with E-state index in [-0.39, 0.29) is 12.6 Å². The summed E-state index contributed by atoms with van der Waals surface area (Å²) in [5.41, 5.74) is 2.81. The normalized spacial score (nSPS) is 16.1. The van der Waals surface area contributed by atoms with Gasteiger partial charge in [0.05, 0.1) is 25.0 Å². The van der Waals surface area contributed by atoms with Crippen molar-refractivity contribution in [2.45, 2.75) is 45.8 Å². The number of carbonyl (C=O) groups excluding carboxylic acids is 1. The van der Waals surface area contributed by atoms with Gasteiger partial charge in [-0.25, -0.2) is 11.4 Å². The van der Waals surface area contributed by atoms with Crippen molar-refractivity contribution in [2.24, 2.45) is 0 Å². The topological polar surface area (TPSA) is 80.4 Å². The highest BCUT2D eigenvalue weighted by molar-refractivity contribution is 5.70. The number of ether oxygens (including phenoxy) is 1. The third-order valence-electron chi connectivity index (χ3n) is 4.48. The van der Waals surface area contributed by atoms with E-state index in [1.165, 1.54) is 0 Å². The zero-order valence-electron chi connectivity index (χ0n) is 15.8. The molecule has 0 spiro atoms.